The number of hydrogen-bond acceptors (Lipinski definition) is 10. The van der Waals surface area contributed by atoms with Crippen LogP contribution in [0.15, 0.2) is 24.3 Å². The lowest BCUT2D eigenvalue weighted by molar-refractivity contribution is 0.0693. The van der Waals surface area contributed by atoms with Gasteiger partial charge in [-0.25, -0.2) is 4.79 Å². The molecule has 1 unspecified atom stereocenters. The normalized spacial score (nSPS) is 15.0. The number of rotatable bonds is 7. The van der Waals surface area contributed by atoms with E-state index in [2.05, 4.69) is 39.7 Å². The minimum atomic E-state index is -1.11. The summed E-state index contributed by atoms with van der Waals surface area (Å²) in [6.45, 7) is 9.81. The number of aromatic carboxylic acids is 1. The summed E-state index contributed by atoms with van der Waals surface area (Å²) >= 11 is 1.12. The van der Waals surface area contributed by atoms with Gasteiger partial charge in [0.2, 0.25) is 5.82 Å². The number of anilines is 1. The Labute approximate surface area is 185 Å². The summed E-state index contributed by atoms with van der Waals surface area (Å²) in [5.74, 6) is -0.0657. The number of aromatic nitrogens is 2. The molecule has 10 nitrogen and oxygen atoms in total. The molecular weight excluding hydrogens is 424 g/mol. The van der Waals surface area contributed by atoms with Crippen LogP contribution in [0.5, 0.6) is 11.6 Å². The van der Waals surface area contributed by atoms with Crippen molar-refractivity contribution < 1.29 is 29.6 Å². The van der Waals surface area contributed by atoms with Crippen LogP contribution in [0, 0.1) is 0 Å². The van der Waals surface area contributed by atoms with Crippen LogP contribution >= 0.6 is 11.7 Å². The Morgan fingerprint density at radius 1 is 1.29 bits per heavy atom. The first-order valence-electron chi connectivity index (χ1n) is 9.90. The number of benzene rings is 1. The number of hydrogen-bond donors (Lipinski definition) is 4. The third-order valence-electron chi connectivity index (χ3n) is 4.17. The van der Waals surface area contributed by atoms with Crippen LogP contribution in [-0.4, -0.2) is 81.1 Å². The Bertz CT molecular complexity index is 820. The molecule has 1 saturated heterocycles. The molecule has 1 aromatic carbocycles. The van der Waals surface area contributed by atoms with Crippen LogP contribution in [-0.2, 0) is 4.74 Å². The van der Waals surface area contributed by atoms with Gasteiger partial charge >= 0.3 is 5.97 Å². The van der Waals surface area contributed by atoms with E-state index in [-0.39, 0.29) is 23.5 Å². The fourth-order valence-electron chi connectivity index (χ4n) is 2.55. The average Bonchev–Trinajstić information content (AvgIpc) is 3.20. The lowest BCUT2D eigenvalue weighted by atomic mass is 10.1. The minimum absolute atomic E-state index is 0.0257. The van der Waals surface area contributed by atoms with Crippen molar-refractivity contribution >= 4 is 23.5 Å². The molecule has 3 rings (SSSR count). The number of aromatic hydroxyl groups is 1. The van der Waals surface area contributed by atoms with E-state index in [4.69, 9.17) is 19.7 Å². The van der Waals surface area contributed by atoms with Crippen molar-refractivity contribution in [1.29, 1.82) is 0 Å². The molecule has 31 heavy (non-hydrogen) atoms. The molecule has 0 radical (unpaired) electrons. The van der Waals surface area contributed by atoms with Gasteiger partial charge in [-0.05, 0) is 32.9 Å². The zero-order valence-corrected chi connectivity index (χ0v) is 18.8. The monoisotopic (exact) mass is 454 g/mol. The van der Waals surface area contributed by atoms with E-state index >= 15 is 0 Å². The van der Waals surface area contributed by atoms with Crippen LogP contribution in [0.1, 0.15) is 31.1 Å². The zero-order valence-electron chi connectivity index (χ0n) is 17.9. The van der Waals surface area contributed by atoms with E-state index < -0.39 is 12.1 Å². The van der Waals surface area contributed by atoms with Crippen LogP contribution < -0.4 is 15.0 Å². The first-order valence-corrected chi connectivity index (χ1v) is 10.6. The van der Waals surface area contributed by atoms with Gasteiger partial charge in [0.15, 0.2) is 0 Å². The molecule has 0 bridgehead atoms. The molecule has 172 valence electrons. The highest BCUT2D eigenvalue weighted by Gasteiger charge is 2.21. The highest BCUT2D eigenvalue weighted by Crippen LogP contribution is 2.26. The molecule has 1 aliphatic rings. The summed E-state index contributed by atoms with van der Waals surface area (Å²) in [5.41, 5.74) is -0.0928. The number of carboxylic acid groups (broad SMARTS) is 1. The molecule has 1 aliphatic heterocycles. The predicted molar refractivity (Wildman–Crippen MR) is 117 cm³/mol. The first-order chi connectivity index (χ1) is 14.7. The van der Waals surface area contributed by atoms with Gasteiger partial charge in [-0.3, -0.25) is 0 Å². The van der Waals surface area contributed by atoms with Crippen LogP contribution in [0.2, 0.25) is 0 Å². The summed E-state index contributed by atoms with van der Waals surface area (Å²) in [6, 6.07) is 5.81. The molecule has 0 amide bonds. The van der Waals surface area contributed by atoms with Gasteiger partial charge < -0.3 is 35.0 Å². The smallest absolute Gasteiger partial charge is 0.339 e. The number of β-amino-alcohol motifs (C(OH)–C–C–N with tert-alkyl or cyclic N) is 1. The maximum absolute atomic E-state index is 10.3. The third kappa shape index (κ3) is 8.66. The Kier molecular flexibility index (Phi) is 9.44. The maximum atomic E-state index is 10.3. The molecule has 1 aromatic heterocycles. The molecule has 0 saturated carbocycles. The molecular formula is C20H30N4O6S. The Hall–Kier alpha value is -2.47. The number of ether oxygens (including phenoxy) is 2. The van der Waals surface area contributed by atoms with Gasteiger partial charge in [-0.15, -0.1) is 4.37 Å². The summed E-state index contributed by atoms with van der Waals surface area (Å²) in [5, 5.41) is 30.5. The Morgan fingerprint density at radius 2 is 1.97 bits per heavy atom. The van der Waals surface area contributed by atoms with E-state index in [0.717, 1.165) is 30.6 Å². The predicted octanol–water partition coefficient (Wildman–Crippen LogP) is 1.59. The van der Waals surface area contributed by atoms with Crippen molar-refractivity contribution in [2.24, 2.45) is 0 Å². The molecule has 0 spiro atoms. The van der Waals surface area contributed by atoms with Crippen LogP contribution in [0.25, 0.3) is 0 Å². The van der Waals surface area contributed by atoms with Crippen molar-refractivity contribution in [3.05, 3.63) is 29.8 Å². The van der Waals surface area contributed by atoms with E-state index in [1.54, 1.807) is 12.1 Å². The molecule has 11 heteroatoms. The standard InChI is InChI=1S/C13H24N4O3S.C7H6O3/c1-13(2,3)14-8-10(18)9-20-12-11(15-21-16-12)17-4-6-19-7-5-17;8-6-4-2-1-3-5(6)7(9)10/h10,14,18H,4-9H2,1-3H3;1-4,8H,(H,9,10). The lowest BCUT2D eigenvalue weighted by Gasteiger charge is -2.27. The second-order valence-corrected chi connectivity index (χ2v) is 8.44. The largest absolute Gasteiger partial charge is 0.507 e. The SMILES string of the molecule is CC(C)(C)NCC(O)COc1nsnc1N1CCOCC1.O=C(O)c1ccccc1O. The van der Waals surface area contributed by atoms with Crippen molar-refractivity contribution in [3.8, 4) is 11.6 Å². The number of morpholine rings is 1. The second kappa shape index (κ2) is 11.8. The minimum Gasteiger partial charge on any atom is -0.507 e. The molecule has 2 aromatic rings. The van der Waals surface area contributed by atoms with Crippen LogP contribution in [0.3, 0.4) is 0 Å². The van der Waals surface area contributed by atoms with Gasteiger partial charge in [0, 0.05) is 25.2 Å². The maximum Gasteiger partial charge on any atom is 0.339 e. The number of aliphatic hydroxyl groups excluding tert-OH is 1. The number of para-hydroxylation sites is 1. The van der Waals surface area contributed by atoms with E-state index in [0.29, 0.717) is 25.6 Å². The molecule has 2 heterocycles. The third-order valence-corrected chi connectivity index (χ3v) is 4.67. The van der Waals surface area contributed by atoms with Gasteiger partial charge in [0.1, 0.15) is 24.0 Å². The number of phenols is 1. The highest BCUT2D eigenvalue weighted by atomic mass is 32.1. The molecule has 4 N–H and O–H groups in total. The van der Waals surface area contributed by atoms with Gasteiger partial charge in [-0.2, -0.15) is 4.37 Å². The van der Waals surface area contributed by atoms with E-state index in [1.165, 1.54) is 12.1 Å². The first kappa shape index (κ1) is 24.8. The quantitative estimate of drug-likeness (QED) is 0.488. The van der Waals surface area contributed by atoms with Crippen LogP contribution in [0.4, 0.5) is 5.82 Å². The van der Waals surface area contributed by atoms with Gasteiger partial charge in [-0.1, -0.05) is 12.1 Å². The van der Waals surface area contributed by atoms with E-state index in [9.17, 15) is 9.90 Å². The zero-order chi connectivity index (χ0) is 22.9. The second-order valence-electron chi connectivity index (χ2n) is 7.91. The summed E-state index contributed by atoms with van der Waals surface area (Å²) in [6.07, 6.45) is -0.580. The lowest BCUT2D eigenvalue weighted by Crippen LogP contribution is -2.42. The van der Waals surface area contributed by atoms with Crippen molar-refractivity contribution in [2.75, 3.05) is 44.4 Å². The summed E-state index contributed by atoms with van der Waals surface area (Å²) < 4.78 is 19.4. The van der Waals surface area contributed by atoms with Crippen molar-refractivity contribution in [2.45, 2.75) is 32.4 Å². The fraction of sp³-hybridized carbons (Fsp3) is 0.550. The number of nitrogens with zero attached hydrogens (tertiary/aromatic N) is 3. The highest BCUT2D eigenvalue weighted by molar-refractivity contribution is 6.99. The summed E-state index contributed by atoms with van der Waals surface area (Å²) in [7, 11) is 0. The summed E-state index contributed by atoms with van der Waals surface area (Å²) in [4.78, 5) is 12.4. The van der Waals surface area contributed by atoms with E-state index in [1.807, 2.05) is 0 Å². The van der Waals surface area contributed by atoms with Gasteiger partial charge in [0.25, 0.3) is 5.88 Å². The number of aliphatic hydroxyl groups is 1. The topological polar surface area (TPSA) is 137 Å². The average molecular weight is 455 g/mol. The Morgan fingerprint density at radius 3 is 2.55 bits per heavy atom. The molecule has 1 fully saturated rings. The van der Waals surface area contributed by atoms with Gasteiger partial charge in [0.05, 0.1) is 24.9 Å². The number of carbonyl (C=O) groups is 1. The number of carboxylic acids is 1. The van der Waals surface area contributed by atoms with Crippen molar-refractivity contribution in [1.82, 2.24) is 14.1 Å². The van der Waals surface area contributed by atoms with Crippen molar-refractivity contribution in [3.63, 3.8) is 0 Å². The number of nitrogens with one attached hydrogen (secondary N) is 1. The molecule has 0 aliphatic carbocycles. The fourth-order valence-corrected chi connectivity index (χ4v) is 3.07. The Balaban J connectivity index is 0.000000285. The molecule has 1 atom stereocenters.